The van der Waals surface area contributed by atoms with Crippen molar-refractivity contribution in [3.63, 3.8) is 0 Å². The summed E-state index contributed by atoms with van der Waals surface area (Å²) >= 11 is 1.72. The van der Waals surface area contributed by atoms with Crippen molar-refractivity contribution in [2.45, 2.75) is 38.5 Å². The van der Waals surface area contributed by atoms with E-state index in [9.17, 15) is 0 Å². The third-order valence-electron chi connectivity index (χ3n) is 3.94. The van der Waals surface area contributed by atoms with Crippen LogP contribution < -0.4 is 5.73 Å². The van der Waals surface area contributed by atoms with Gasteiger partial charge in [-0.15, -0.1) is 11.3 Å². The van der Waals surface area contributed by atoms with E-state index in [-0.39, 0.29) is 0 Å². The molecule has 1 aromatic carbocycles. The third-order valence-corrected chi connectivity index (χ3v) is 5.02. The largest absolute Gasteiger partial charge is 0.330 e. The number of aromatic nitrogens is 1. The Morgan fingerprint density at radius 2 is 2.05 bits per heavy atom. The minimum Gasteiger partial charge on any atom is -0.330 e. The number of benzene rings is 1. The molecule has 0 radical (unpaired) electrons. The summed E-state index contributed by atoms with van der Waals surface area (Å²) in [6, 6.07) is 6.84. The fourth-order valence-electron chi connectivity index (χ4n) is 2.64. The van der Waals surface area contributed by atoms with Gasteiger partial charge >= 0.3 is 0 Å². The van der Waals surface area contributed by atoms with Gasteiger partial charge in [-0.1, -0.05) is 19.1 Å². The molecule has 3 heteroatoms. The lowest BCUT2D eigenvalue weighted by atomic mass is 9.90. The minimum absolute atomic E-state index is 0.358. The van der Waals surface area contributed by atoms with Crippen LogP contribution >= 0.6 is 11.3 Å². The number of hydrogen-bond acceptors (Lipinski definition) is 3. The maximum atomic E-state index is 5.71. The molecular weight excluding hydrogens is 252 g/mol. The summed E-state index contributed by atoms with van der Waals surface area (Å²) in [6.45, 7) is 2.80. The molecule has 2 N–H and O–H groups in total. The Balaban J connectivity index is 1.91. The molecule has 1 aliphatic rings. The molecule has 0 saturated heterocycles. The molecule has 1 unspecified atom stereocenters. The Morgan fingerprint density at radius 1 is 1.26 bits per heavy atom. The lowest BCUT2D eigenvalue weighted by Gasteiger charge is -2.16. The van der Waals surface area contributed by atoms with E-state index < -0.39 is 0 Å². The van der Waals surface area contributed by atoms with Crippen LogP contribution in [0.15, 0.2) is 23.6 Å². The van der Waals surface area contributed by atoms with Gasteiger partial charge in [-0.05, 0) is 42.9 Å². The van der Waals surface area contributed by atoms with Gasteiger partial charge in [0.1, 0.15) is 0 Å². The molecule has 0 amide bonds. The van der Waals surface area contributed by atoms with Crippen molar-refractivity contribution in [1.29, 1.82) is 0 Å². The lowest BCUT2D eigenvalue weighted by molar-refractivity contribution is 0.686. The van der Waals surface area contributed by atoms with E-state index in [0.717, 1.165) is 10.7 Å². The van der Waals surface area contributed by atoms with E-state index in [0.29, 0.717) is 12.5 Å². The number of aryl methyl sites for hydroxylation is 2. The number of hydrogen-bond donors (Lipinski definition) is 1. The second-order valence-corrected chi connectivity index (χ2v) is 6.29. The van der Waals surface area contributed by atoms with E-state index in [1.165, 1.54) is 42.4 Å². The zero-order valence-corrected chi connectivity index (χ0v) is 12.2. The van der Waals surface area contributed by atoms with Crippen molar-refractivity contribution >= 4 is 11.3 Å². The van der Waals surface area contributed by atoms with Crippen LogP contribution in [-0.4, -0.2) is 11.5 Å². The number of nitrogens with two attached hydrogens (primary N) is 1. The van der Waals surface area contributed by atoms with E-state index in [1.54, 1.807) is 11.3 Å². The molecule has 0 aliphatic heterocycles. The van der Waals surface area contributed by atoms with Gasteiger partial charge in [0, 0.05) is 23.4 Å². The Labute approximate surface area is 118 Å². The van der Waals surface area contributed by atoms with E-state index >= 15 is 0 Å². The minimum atomic E-state index is 0.358. The van der Waals surface area contributed by atoms with Crippen molar-refractivity contribution in [3.8, 4) is 11.3 Å². The molecule has 1 aliphatic carbocycles. The highest BCUT2D eigenvalue weighted by Gasteiger charge is 2.13. The van der Waals surface area contributed by atoms with Crippen LogP contribution in [0.3, 0.4) is 0 Å². The molecule has 0 spiro atoms. The first kappa shape index (κ1) is 12.8. The van der Waals surface area contributed by atoms with E-state index in [2.05, 4.69) is 30.5 Å². The van der Waals surface area contributed by atoms with Crippen LogP contribution in [0.1, 0.15) is 41.8 Å². The van der Waals surface area contributed by atoms with Gasteiger partial charge in [0.15, 0.2) is 0 Å². The first-order valence-corrected chi connectivity index (χ1v) is 7.93. The predicted octanol–water partition coefficient (Wildman–Crippen LogP) is 3.75. The van der Waals surface area contributed by atoms with Gasteiger partial charge in [-0.2, -0.15) is 0 Å². The Morgan fingerprint density at radius 3 is 2.84 bits per heavy atom. The molecule has 2 nitrogen and oxygen atoms in total. The van der Waals surface area contributed by atoms with Crippen LogP contribution in [-0.2, 0) is 12.8 Å². The first-order valence-electron chi connectivity index (χ1n) is 7.05. The highest BCUT2D eigenvalue weighted by molar-refractivity contribution is 7.10. The standard InChI is InChI=1S/C16H20N2S/c1-11(9-17)16-18-15(10-19-16)14-7-6-12-4-2-3-5-13(12)8-14/h6-8,10-11H,2-5,9,17H2,1H3. The molecule has 0 saturated carbocycles. The first-order chi connectivity index (χ1) is 9.28. The summed E-state index contributed by atoms with van der Waals surface area (Å²) in [5.74, 6) is 0.358. The second-order valence-electron chi connectivity index (χ2n) is 5.40. The van der Waals surface area contributed by atoms with E-state index in [4.69, 9.17) is 10.7 Å². The molecule has 1 aromatic heterocycles. The van der Waals surface area contributed by atoms with Crippen LogP contribution in [0.5, 0.6) is 0 Å². The van der Waals surface area contributed by atoms with E-state index in [1.807, 2.05) is 0 Å². The van der Waals surface area contributed by atoms with Crippen molar-refractivity contribution in [1.82, 2.24) is 4.98 Å². The lowest BCUT2D eigenvalue weighted by Crippen LogP contribution is -2.08. The SMILES string of the molecule is CC(CN)c1nc(-c2ccc3c(c2)CCCC3)cs1. The van der Waals surface area contributed by atoms with Gasteiger partial charge in [-0.3, -0.25) is 0 Å². The fraction of sp³-hybridized carbons (Fsp3) is 0.438. The normalized spacial score (nSPS) is 16.1. The Bertz CT molecular complexity index is 574. The maximum absolute atomic E-state index is 5.71. The summed E-state index contributed by atoms with van der Waals surface area (Å²) in [5, 5.41) is 3.31. The highest BCUT2D eigenvalue weighted by atomic mass is 32.1. The van der Waals surface area contributed by atoms with Crippen molar-refractivity contribution in [3.05, 3.63) is 39.7 Å². The number of nitrogens with zero attached hydrogens (tertiary/aromatic N) is 1. The van der Waals surface area contributed by atoms with Gasteiger partial charge in [0.2, 0.25) is 0 Å². The average Bonchev–Trinajstić information content (AvgIpc) is 2.95. The van der Waals surface area contributed by atoms with Crippen LogP contribution in [0.25, 0.3) is 11.3 Å². The number of rotatable bonds is 3. The molecule has 1 heterocycles. The summed E-state index contributed by atoms with van der Waals surface area (Å²) < 4.78 is 0. The van der Waals surface area contributed by atoms with Crippen LogP contribution in [0.2, 0.25) is 0 Å². The summed E-state index contributed by atoms with van der Waals surface area (Å²) in [4.78, 5) is 4.74. The predicted molar refractivity (Wildman–Crippen MR) is 81.7 cm³/mol. The van der Waals surface area contributed by atoms with Crippen molar-refractivity contribution in [2.24, 2.45) is 5.73 Å². The van der Waals surface area contributed by atoms with Gasteiger partial charge in [0.05, 0.1) is 10.7 Å². The van der Waals surface area contributed by atoms with Crippen molar-refractivity contribution < 1.29 is 0 Å². The maximum Gasteiger partial charge on any atom is 0.0973 e. The Kier molecular flexibility index (Phi) is 3.67. The summed E-state index contributed by atoms with van der Waals surface area (Å²) in [5.41, 5.74) is 11.1. The molecule has 0 bridgehead atoms. The fourth-order valence-corrected chi connectivity index (χ4v) is 3.54. The molecule has 0 fully saturated rings. The molecular formula is C16H20N2S. The molecule has 3 rings (SSSR count). The average molecular weight is 272 g/mol. The Hall–Kier alpha value is -1.19. The zero-order chi connectivity index (χ0) is 13.2. The highest BCUT2D eigenvalue weighted by Crippen LogP contribution is 2.29. The second kappa shape index (κ2) is 5.43. The van der Waals surface area contributed by atoms with Crippen LogP contribution in [0, 0.1) is 0 Å². The summed E-state index contributed by atoms with van der Waals surface area (Å²) in [6.07, 6.45) is 5.12. The zero-order valence-electron chi connectivity index (χ0n) is 11.4. The molecule has 100 valence electrons. The van der Waals surface area contributed by atoms with Gasteiger partial charge in [-0.25, -0.2) is 4.98 Å². The molecule has 19 heavy (non-hydrogen) atoms. The third kappa shape index (κ3) is 2.58. The van der Waals surface area contributed by atoms with Crippen LogP contribution in [0.4, 0.5) is 0 Å². The molecule has 2 aromatic rings. The summed E-state index contributed by atoms with van der Waals surface area (Å²) in [7, 11) is 0. The number of fused-ring (bicyclic) bond motifs is 1. The topological polar surface area (TPSA) is 38.9 Å². The monoisotopic (exact) mass is 272 g/mol. The number of thiazole rings is 1. The van der Waals surface area contributed by atoms with Crippen molar-refractivity contribution in [2.75, 3.05) is 6.54 Å². The quantitative estimate of drug-likeness (QED) is 0.924. The smallest absolute Gasteiger partial charge is 0.0973 e. The van der Waals surface area contributed by atoms with Gasteiger partial charge in [0.25, 0.3) is 0 Å². The molecule has 1 atom stereocenters. The van der Waals surface area contributed by atoms with Gasteiger partial charge < -0.3 is 5.73 Å².